The first-order chi connectivity index (χ1) is 15.5. The number of hydrogen-bond donors (Lipinski definition) is 1. The summed E-state index contributed by atoms with van der Waals surface area (Å²) in [6.07, 6.45) is 2.36. The van der Waals surface area contributed by atoms with Crippen molar-refractivity contribution in [1.29, 1.82) is 0 Å². The van der Waals surface area contributed by atoms with Crippen molar-refractivity contribution in [3.8, 4) is 17.0 Å². The third-order valence-electron chi connectivity index (χ3n) is 5.48. The van der Waals surface area contributed by atoms with Crippen LogP contribution in [0.3, 0.4) is 0 Å². The van der Waals surface area contributed by atoms with Crippen molar-refractivity contribution in [3.63, 3.8) is 0 Å². The van der Waals surface area contributed by atoms with Crippen LogP contribution >= 0.6 is 23.2 Å². The molecule has 0 aliphatic carbocycles. The lowest BCUT2D eigenvalue weighted by molar-refractivity contribution is -0.118. The molecule has 0 bridgehead atoms. The molecule has 0 atom stereocenters. The monoisotopic (exact) mass is 470 g/mol. The van der Waals surface area contributed by atoms with Crippen molar-refractivity contribution in [1.82, 2.24) is 10.2 Å². The van der Waals surface area contributed by atoms with Crippen LogP contribution in [0.25, 0.3) is 11.3 Å². The molecule has 0 spiro atoms. The smallest absolute Gasteiger partial charge is 0.262 e. The Balaban J connectivity index is 1.37. The van der Waals surface area contributed by atoms with Gasteiger partial charge in [0.05, 0.1) is 10.7 Å². The fraction of sp³-hybridized carbons (Fsp3) is 0.292. The van der Waals surface area contributed by atoms with Crippen LogP contribution in [0.4, 0.5) is 11.5 Å². The predicted octanol–water partition coefficient (Wildman–Crippen LogP) is 5.70. The standard InChI is InChI=1S/C24H24Cl2N4O2/c1-16-10-12-30(13-11-16)22-9-8-20(28-29-22)17-4-2-5-18(14-17)27-23(31)15-32-21-7-3-6-19(25)24(21)26/h2-9,14,16H,10-13,15H2,1H3,(H,27,31). The topological polar surface area (TPSA) is 67.4 Å². The van der Waals surface area contributed by atoms with Gasteiger partial charge in [-0.1, -0.05) is 48.3 Å². The van der Waals surface area contributed by atoms with Gasteiger partial charge in [0.15, 0.2) is 12.4 Å². The van der Waals surface area contributed by atoms with Gasteiger partial charge in [-0.2, -0.15) is 0 Å². The lowest BCUT2D eigenvalue weighted by atomic mass is 9.99. The SMILES string of the molecule is CC1CCN(c2ccc(-c3cccc(NC(=O)COc4cccc(Cl)c4Cl)c3)nn2)CC1. The number of carbonyl (C=O) groups excluding carboxylic acids is 1. The molecule has 2 heterocycles. The number of aromatic nitrogens is 2. The summed E-state index contributed by atoms with van der Waals surface area (Å²) in [5, 5.41) is 12.3. The highest BCUT2D eigenvalue weighted by Crippen LogP contribution is 2.31. The van der Waals surface area contributed by atoms with Gasteiger partial charge in [0.1, 0.15) is 10.8 Å². The van der Waals surface area contributed by atoms with E-state index in [1.165, 1.54) is 12.8 Å². The fourth-order valence-electron chi connectivity index (χ4n) is 3.58. The van der Waals surface area contributed by atoms with Gasteiger partial charge >= 0.3 is 0 Å². The minimum absolute atomic E-state index is 0.187. The Morgan fingerprint density at radius 1 is 1.09 bits per heavy atom. The zero-order valence-corrected chi connectivity index (χ0v) is 19.2. The molecule has 32 heavy (non-hydrogen) atoms. The van der Waals surface area contributed by atoms with Gasteiger partial charge < -0.3 is 15.0 Å². The summed E-state index contributed by atoms with van der Waals surface area (Å²) in [6.45, 7) is 4.13. The minimum Gasteiger partial charge on any atom is -0.482 e. The Hall–Kier alpha value is -2.83. The van der Waals surface area contributed by atoms with Crippen LogP contribution in [0, 0.1) is 5.92 Å². The van der Waals surface area contributed by atoms with E-state index in [1.54, 1.807) is 18.2 Å². The molecule has 1 aliphatic rings. The minimum atomic E-state index is -0.307. The molecule has 1 saturated heterocycles. The van der Waals surface area contributed by atoms with Crippen LogP contribution in [0.5, 0.6) is 5.75 Å². The summed E-state index contributed by atoms with van der Waals surface area (Å²) in [6, 6.07) is 16.5. The molecule has 0 radical (unpaired) electrons. The number of nitrogens with one attached hydrogen (secondary N) is 1. The second-order valence-corrected chi connectivity index (χ2v) is 8.70. The van der Waals surface area contributed by atoms with E-state index in [4.69, 9.17) is 27.9 Å². The van der Waals surface area contributed by atoms with Crippen molar-refractivity contribution in [2.24, 2.45) is 5.92 Å². The summed E-state index contributed by atoms with van der Waals surface area (Å²) in [7, 11) is 0. The van der Waals surface area contributed by atoms with Gasteiger partial charge in [-0.15, -0.1) is 10.2 Å². The highest BCUT2D eigenvalue weighted by Gasteiger charge is 2.17. The first kappa shape index (κ1) is 22.4. The summed E-state index contributed by atoms with van der Waals surface area (Å²) < 4.78 is 5.49. The van der Waals surface area contributed by atoms with E-state index in [0.717, 1.165) is 36.1 Å². The first-order valence-corrected chi connectivity index (χ1v) is 11.3. The van der Waals surface area contributed by atoms with Crippen LogP contribution in [0.15, 0.2) is 54.6 Å². The van der Waals surface area contributed by atoms with Crippen LogP contribution in [0.2, 0.25) is 10.0 Å². The number of amides is 1. The van der Waals surface area contributed by atoms with Gasteiger partial charge in [-0.3, -0.25) is 4.79 Å². The van der Waals surface area contributed by atoms with Crippen LogP contribution in [-0.4, -0.2) is 35.8 Å². The zero-order chi connectivity index (χ0) is 22.5. The van der Waals surface area contributed by atoms with Crippen LogP contribution < -0.4 is 15.0 Å². The van der Waals surface area contributed by atoms with Gasteiger partial charge in [0.25, 0.3) is 5.91 Å². The number of piperidine rings is 1. The molecule has 1 fully saturated rings. The highest BCUT2D eigenvalue weighted by molar-refractivity contribution is 6.42. The number of rotatable bonds is 6. The zero-order valence-electron chi connectivity index (χ0n) is 17.7. The lowest BCUT2D eigenvalue weighted by Gasteiger charge is -2.30. The molecular weight excluding hydrogens is 447 g/mol. The Labute approximate surface area is 197 Å². The van der Waals surface area contributed by atoms with E-state index in [1.807, 2.05) is 36.4 Å². The number of ether oxygens (including phenoxy) is 1. The molecule has 3 aromatic rings. The summed E-state index contributed by atoms with van der Waals surface area (Å²) in [4.78, 5) is 14.6. The molecule has 1 amide bonds. The van der Waals surface area contributed by atoms with Crippen molar-refractivity contribution in [2.75, 3.05) is 29.9 Å². The largest absolute Gasteiger partial charge is 0.482 e. The number of anilines is 2. The van der Waals surface area contributed by atoms with Crippen molar-refractivity contribution < 1.29 is 9.53 Å². The van der Waals surface area contributed by atoms with Crippen LogP contribution in [-0.2, 0) is 4.79 Å². The molecule has 6 nitrogen and oxygen atoms in total. The molecule has 1 N–H and O–H groups in total. The predicted molar refractivity (Wildman–Crippen MR) is 129 cm³/mol. The van der Waals surface area contributed by atoms with Gasteiger partial charge in [0, 0.05) is 24.3 Å². The summed E-state index contributed by atoms with van der Waals surface area (Å²) >= 11 is 12.1. The Kier molecular flexibility index (Phi) is 7.12. The van der Waals surface area contributed by atoms with Crippen molar-refractivity contribution in [3.05, 3.63) is 64.6 Å². The maximum absolute atomic E-state index is 12.3. The second kappa shape index (κ2) is 10.2. The fourth-order valence-corrected chi connectivity index (χ4v) is 3.92. The van der Waals surface area contributed by atoms with Gasteiger partial charge in [-0.25, -0.2) is 0 Å². The van der Waals surface area contributed by atoms with E-state index < -0.39 is 0 Å². The Morgan fingerprint density at radius 2 is 1.88 bits per heavy atom. The molecule has 2 aromatic carbocycles. The molecule has 1 aliphatic heterocycles. The average Bonchev–Trinajstić information content (AvgIpc) is 2.81. The quantitative estimate of drug-likeness (QED) is 0.499. The first-order valence-electron chi connectivity index (χ1n) is 10.6. The third-order valence-corrected chi connectivity index (χ3v) is 6.28. The van der Waals surface area contributed by atoms with Gasteiger partial charge in [0.2, 0.25) is 0 Å². The number of benzene rings is 2. The van der Waals surface area contributed by atoms with E-state index >= 15 is 0 Å². The lowest BCUT2D eigenvalue weighted by Crippen LogP contribution is -2.33. The molecule has 8 heteroatoms. The molecule has 0 saturated carbocycles. The number of hydrogen-bond acceptors (Lipinski definition) is 5. The van der Waals surface area contributed by atoms with E-state index in [9.17, 15) is 4.79 Å². The normalized spacial score (nSPS) is 14.3. The molecular formula is C24H24Cl2N4O2. The van der Waals surface area contributed by atoms with E-state index in [2.05, 4.69) is 27.3 Å². The van der Waals surface area contributed by atoms with Crippen molar-refractivity contribution in [2.45, 2.75) is 19.8 Å². The number of carbonyl (C=O) groups is 1. The van der Waals surface area contributed by atoms with E-state index in [-0.39, 0.29) is 17.5 Å². The molecule has 0 unspecified atom stereocenters. The highest BCUT2D eigenvalue weighted by atomic mass is 35.5. The summed E-state index contributed by atoms with van der Waals surface area (Å²) in [5.41, 5.74) is 2.26. The van der Waals surface area contributed by atoms with Crippen molar-refractivity contribution >= 4 is 40.6 Å². The maximum Gasteiger partial charge on any atom is 0.262 e. The van der Waals surface area contributed by atoms with E-state index in [0.29, 0.717) is 16.5 Å². The van der Waals surface area contributed by atoms with Gasteiger partial charge in [-0.05, 0) is 55.2 Å². The number of halogens is 2. The number of nitrogens with zero attached hydrogens (tertiary/aromatic N) is 3. The molecule has 166 valence electrons. The Bertz CT molecular complexity index is 1080. The maximum atomic E-state index is 12.3. The third kappa shape index (κ3) is 5.50. The average molecular weight is 471 g/mol. The summed E-state index contributed by atoms with van der Waals surface area (Å²) in [5.74, 6) is 1.73. The molecule has 1 aromatic heterocycles. The second-order valence-electron chi connectivity index (χ2n) is 7.92. The van der Waals surface area contributed by atoms with Crippen LogP contribution in [0.1, 0.15) is 19.8 Å². The Morgan fingerprint density at radius 3 is 2.62 bits per heavy atom. The molecule has 4 rings (SSSR count).